The number of nitrogens with zero attached hydrogens (tertiary/aromatic N) is 4. The largest absolute Gasteiger partial charge is 0.453 e. The SMILES string of the molecule is Cc1nc2nc(C(F)(F)F)nn2c(C)c1CCC(=O)Nc1cccc2c1CCCC2. The molecule has 1 aliphatic rings. The van der Waals surface area contributed by atoms with Crippen LogP contribution in [0.4, 0.5) is 18.9 Å². The van der Waals surface area contributed by atoms with E-state index in [1.807, 2.05) is 12.1 Å². The van der Waals surface area contributed by atoms with Crippen molar-refractivity contribution < 1.29 is 18.0 Å². The van der Waals surface area contributed by atoms with Gasteiger partial charge in [-0.15, -0.1) is 5.10 Å². The molecular weight excluding hydrogens is 395 g/mol. The van der Waals surface area contributed by atoms with Crippen LogP contribution in [-0.2, 0) is 30.2 Å². The van der Waals surface area contributed by atoms with E-state index in [1.54, 1.807) is 13.8 Å². The van der Waals surface area contributed by atoms with Gasteiger partial charge < -0.3 is 5.32 Å². The molecule has 0 radical (unpaired) electrons. The molecule has 0 saturated heterocycles. The summed E-state index contributed by atoms with van der Waals surface area (Å²) in [4.78, 5) is 20.2. The number of amides is 1. The minimum absolute atomic E-state index is 0.0959. The van der Waals surface area contributed by atoms with Crippen LogP contribution in [-0.4, -0.2) is 25.5 Å². The fraction of sp³-hybridized carbons (Fsp3) is 0.429. The van der Waals surface area contributed by atoms with Gasteiger partial charge in [0.1, 0.15) is 0 Å². The summed E-state index contributed by atoms with van der Waals surface area (Å²) >= 11 is 0. The van der Waals surface area contributed by atoms with Gasteiger partial charge in [-0.3, -0.25) is 4.79 Å². The fourth-order valence-electron chi connectivity index (χ4n) is 4.04. The Labute approximate surface area is 171 Å². The van der Waals surface area contributed by atoms with Gasteiger partial charge in [0.2, 0.25) is 5.91 Å². The summed E-state index contributed by atoms with van der Waals surface area (Å²) in [6, 6.07) is 5.97. The van der Waals surface area contributed by atoms with Crippen molar-refractivity contribution in [3.8, 4) is 0 Å². The highest BCUT2D eigenvalue weighted by atomic mass is 19.4. The van der Waals surface area contributed by atoms with Crippen molar-refractivity contribution in [2.24, 2.45) is 0 Å². The zero-order valence-corrected chi connectivity index (χ0v) is 16.8. The lowest BCUT2D eigenvalue weighted by Gasteiger charge is -2.19. The van der Waals surface area contributed by atoms with E-state index in [0.717, 1.165) is 35.9 Å². The summed E-state index contributed by atoms with van der Waals surface area (Å²) in [5.41, 5.74) is 5.09. The van der Waals surface area contributed by atoms with Gasteiger partial charge in [-0.1, -0.05) is 12.1 Å². The van der Waals surface area contributed by atoms with Crippen LogP contribution in [0.25, 0.3) is 5.78 Å². The molecule has 0 fully saturated rings. The highest BCUT2D eigenvalue weighted by Crippen LogP contribution is 2.29. The van der Waals surface area contributed by atoms with Gasteiger partial charge in [0.25, 0.3) is 11.6 Å². The summed E-state index contributed by atoms with van der Waals surface area (Å²) in [5, 5.41) is 6.54. The molecule has 0 atom stereocenters. The molecule has 0 spiro atoms. The van der Waals surface area contributed by atoms with Crippen LogP contribution < -0.4 is 5.32 Å². The molecule has 0 aliphatic heterocycles. The van der Waals surface area contributed by atoms with Crippen molar-refractivity contribution in [2.45, 2.75) is 58.5 Å². The van der Waals surface area contributed by atoms with Crippen molar-refractivity contribution in [3.05, 3.63) is 52.1 Å². The van der Waals surface area contributed by atoms with Crippen LogP contribution in [0, 0.1) is 13.8 Å². The minimum atomic E-state index is -4.64. The normalized spacial score (nSPS) is 14.0. The molecule has 1 aromatic carbocycles. The van der Waals surface area contributed by atoms with Crippen molar-refractivity contribution in [3.63, 3.8) is 0 Å². The topological polar surface area (TPSA) is 72.2 Å². The maximum absolute atomic E-state index is 12.9. The molecule has 2 heterocycles. The summed E-state index contributed by atoms with van der Waals surface area (Å²) in [6.45, 7) is 3.37. The number of hydrogen-bond donors (Lipinski definition) is 1. The number of rotatable bonds is 4. The number of fused-ring (bicyclic) bond motifs is 2. The standard InChI is InChI=1S/C21H22F3N5O/c1-12-15(13(2)29-20(25-12)27-19(28-29)21(22,23)24)10-11-18(30)26-17-9-5-7-14-6-3-4-8-16(14)17/h5,7,9H,3-4,6,8,10-11H2,1-2H3,(H,26,30). The molecule has 0 saturated carbocycles. The van der Waals surface area contributed by atoms with Gasteiger partial charge in [-0.05, 0) is 68.7 Å². The van der Waals surface area contributed by atoms with Gasteiger partial charge in [0.05, 0.1) is 0 Å². The molecule has 4 rings (SSSR count). The van der Waals surface area contributed by atoms with Crippen molar-refractivity contribution in [1.29, 1.82) is 0 Å². The molecule has 0 bridgehead atoms. The summed E-state index contributed by atoms with van der Waals surface area (Å²) in [6.07, 6.45) is 0.170. The Morgan fingerprint density at radius 2 is 1.93 bits per heavy atom. The Bertz CT molecular complexity index is 1120. The number of alkyl halides is 3. The van der Waals surface area contributed by atoms with Crippen LogP contribution in [0.3, 0.4) is 0 Å². The van der Waals surface area contributed by atoms with E-state index in [1.165, 1.54) is 11.1 Å². The predicted octanol–water partition coefficient (Wildman–Crippen LogP) is 4.21. The van der Waals surface area contributed by atoms with E-state index < -0.39 is 12.0 Å². The molecule has 3 aromatic rings. The number of hydrogen-bond acceptors (Lipinski definition) is 4. The van der Waals surface area contributed by atoms with E-state index in [0.29, 0.717) is 23.4 Å². The highest BCUT2D eigenvalue weighted by Gasteiger charge is 2.37. The van der Waals surface area contributed by atoms with E-state index in [2.05, 4.69) is 26.4 Å². The van der Waals surface area contributed by atoms with Gasteiger partial charge in [0.15, 0.2) is 0 Å². The number of nitrogens with one attached hydrogen (secondary N) is 1. The third-order valence-corrected chi connectivity index (χ3v) is 5.57. The van der Waals surface area contributed by atoms with Crippen molar-refractivity contribution in [1.82, 2.24) is 19.6 Å². The average molecular weight is 417 g/mol. The monoisotopic (exact) mass is 417 g/mol. The van der Waals surface area contributed by atoms with Crippen LogP contribution in [0.2, 0.25) is 0 Å². The van der Waals surface area contributed by atoms with Gasteiger partial charge in [0, 0.05) is 23.5 Å². The maximum Gasteiger partial charge on any atom is 0.453 e. The minimum Gasteiger partial charge on any atom is -0.326 e. The number of carbonyl (C=O) groups is 1. The number of benzene rings is 1. The second-order valence-electron chi connectivity index (χ2n) is 7.60. The van der Waals surface area contributed by atoms with Crippen LogP contribution in [0.5, 0.6) is 0 Å². The molecule has 1 aliphatic carbocycles. The van der Waals surface area contributed by atoms with Crippen molar-refractivity contribution >= 4 is 17.4 Å². The smallest absolute Gasteiger partial charge is 0.326 e. The number of aromatic nitrogens is 4. The zero-order valence-electron chi connectivity index (χ0n) is 16.8. The Balaban J connectivity index is 1.52. The molecule has 30 heavy (non-hydrogen) atoms. The Morgan fingerprint density at radius 1 is 1.17 bits per heavy atom. The first-order chi connectivity index (χ1) is 14.2. The summed E-state index contributed by atoms with van der Waals surface area (Å²) in [7, 11) is 0. The second kappa shape index (κ2) is 7.70. The van der Waals surface area contributed by atoms with E-state index >= 15 is 0 Å². The lowest BCUT2D eigenvalue weighted by molar-refractivity contribution is -0.144. The molecule has 1 N–H and O–H groups in total. The molecule has 1 amide bonds. The molecule has 2 aromatic heterocycles. The van der Waals surface area contributed by atoms with Crippen LogP contribution in [0.15, 0.2) is 18.2 Å². The maximum atomic E-state index is 12.9. The summed E-state index contributed by atoms with van der Waals surface area (Å²) < 4.78 is 39.9. The average Bonchev–Trinajstić information content (AvgIpc) is 3.13. The highest BCUT2D eigenvalue weighted by molar-refractivity contribution is 5.92. The first-order valence-electron chi connectivity index (χ1n) is 9.94. The number of carbonyl (C=O) groups excluding carboxylic acids is 1. The first-order valence-corrected chi connectivity index (χ1v) is 9.94. The van der Waals surface area contributed by atoms with E-state index in [9.17, 15) is 18.0 Å². The third-order valence-electron chi connectivity index (χ3n) is 5.57. The number of anilines is 1. The Morgan fingerprint density at radius 3 is 2.70 bits per heavy atom. The zero-order chi connectivity index (χ0) is 21.5. The second-order valence-corrected chi connectivity index (χ2v) is 7.60. The molecule has 158 valence electrons. The van der Waals surface area contributed by atoms with E-state index in [-0.39, 0.29) is 18.1 Å². The van der Waals surface area contributed by atoms with Crippen LogP contribution >= 0.6 is 0 Å². The molecular formula is C21H22F3N5O. The number of halogens is 3. The lowest BCUT2D eigenvalue weighted by Crippen LogP contribution is -2.17. The Kier molecular flexibility index (Phi) is 5.21. The lowest BCUT2D eigenvalue weighted by atomic mass is 9.90. The van der Waals surface area contributed by atoms with Crippen molar-refractivity contribution in [2.75, 3.05) is 5.32 Å². The molecule has 0 unspecified atom stereocenters. The third kappa shape index (κ3) is 3.88. The first kappa shape index (κ1) is 20.3. The fourth-order valence-corrected chi connectivity index (χ4v) is 4.04. The van der Waals surface area contributed by atoms with Crippen LogP contribution in [0.1, 0.15) is 53.2 Å². The van der Waals surface area contributed by atoms with Gasteiger partial charge >= 0.3 is 6.18 Å². The molecule has 9 heteroatoms. The Hall–Kier alpha value is -2.97. The predicted molar refractivity (Wildman–Crippen MR) is 105 cm³/mol. The summed E-state index contributed by atoms with van der Waals surface area (Å²) in [5.74, 6) is -1.45. The van der Waals surface area contributed by atoms with Gasteiger partial charge in [-0.2, -0.15) is 18.2 Å². The van der Waals surface area contributed by atoms with E-state index in [4.69, 9.17) is 0 Å². The number of aryl methyl sites for hydroxylation is 3. The quantitative estimate of drug-likeness (QED) is 0.690. The molecule has 6 nitrogen and oxygen atoms in total. The van der Waals surface area contributed by atoms with Gasteiger partial charge in [-0.25, -0.2) is 9.50 Å².